The van der Waals surface area contributed by atoms with Crippen LogP contribution < -0.4 is 5.32 Å². The van der Waals surface area contributed by atoms with Gasteiger partial charge in [-0.2, -0.15) is 5.26 Å². The van der Waals surface area contributed by atoms with E-state index >= 15 is 0 Å². The number of nitriles is 1. The summed E-state index contributed by atoms with van der Waals surface area (Å²) >= 11 is 3.48. The third kappa shape index (κ3) is 5.37. The molecule has 1 N–H and O–H groups in total. The average molecular weight is 453 g/mol. The Balaban J connectivity index is 1.79. The Morgan fingerprint density at radius 1 is 1.07 bits per heavy atom. The van der Waals surface area contributed by atoms with E-state index in [0.717, 1.165) is 15.6 Å². The van der Waals surface area contributed by atoms with Crippen LogP contribution in [0.3, 0.4) is 0 Å². The number of anilines is 1. The number of nitrogens with one attached hydrogen (secondary N) is 1. The molecule has 0 aromatic heterocycles. The van der Waals surface area contributed by atoms with Crippen molar-refractivity contribution in [2.45, 2.75) is 6.42 Å². The van der Waals surface area contributed by atoms with Crippen molar-refractivity contribution in [2.24, 2.45) is 0 Å². The molecule has 0 aliphatic rings. The van der Waals surface area contributed by atoms with Gasteiger partial charge in [0.1, 0.15) is 23.3 Å². The molecule has 3 aromatic rings. The lowest BCUT2D eigenvalue weighted by Gasteiger charge is -2.08. The standard InChI is InChI=1S/C23H15BrF2N2O/c24-20-13-16(8-9-17(20)10-15-4-3-5-19(25)12-15)11-18(14-27)23(29)28-22-7-2-1-6-21(22)26/h1-9,11-13H,10H2,(H,28,29)/b18-11+. The van der Waals surface area contributed by atoms with E-state index in [0.29, 0.717) is 12.0 Å². The monoisotopic (exact) mass is 452 g/mol. The lowest BCUT2D eigenvalue weighted by molar-refractivity contribution is -0.112. The third-order valence-electron chi connectivity index (χ3n) is 4.16. The quantitative estimate of drug-likeness (QED) is 0.389. The molecule has 0 heterocycles. The highest BCUT2D eigenvalue weighted by atomic mass is 79.9. The van der Waals surface area contributed by atoms with Crippen molar-refractivity contribution < 1.29 is 13.6 Å². The van der Waals surface area contributed by atoms with Crippen LogP contribution >= 0.6 is 15.9 Å². The minimum atomic E-state index is -0.697. The summed E-state index contributed by atoms with van der Waals surface area (Å²) < 4.78 is 27.8. The van der Waals surface area contributed by atoms with Gasteiger partial charge in [-0.3, -0.25) is 4.79 Å². The summed E-state index contributed by atoms with van der Waals surface area (Å²) in [6, 6.07) is 19.3. The van der Waals surface area contributed by atoms with Gasteiger partial charge in [0.2, 0.25) is 0 Å². The summed E-state index contributed by atoms with van der Waals surface area (Å²) in [7, 11) is 0. The van der Waals surface area contributed by atoms with Crippen molar-refractivity contribution in [2.75, 3.05) is 5.32 Å². The second-order valence-corrected chi connectivity index (χ2v) is 7.12. The molecule has 0 radical (unpaired) electrons. The molecule has 0 aliphatic carbocycles. The molecule has 0 fully saturated rings. The van der Waals surface area contributed by atoms with Crippen LogP contribution in [0.15, 0.2) is 76.8 Å². The zero-order valence-electron chi connectivity index (χ0n) is 15.1. The van der Waals surface area contributed by atoms with E-state index < -0.39 is 11.7 Å². The van der Waals surface area contributed by atoms with Gasteiger partial charge in [-0.1, -0.05) is 52.3 Å². The largest absolute Gasteiger partial charge is 0.319 e. The first-order valence-electron chi connectivity index (χ1n) is 8.67. The van der Waals surface area contributed by atoms with Crippen LogP contribution in [0.25, 0.3) is 6.08 Å². The maximum Gasteiger partial charge on any atom is 0.266 e. The van der Waals surface area contributed by atoms with Crippen LogP contribution in [0.5, 0.6) is 0 Å². The number of para-hydroxylation sites is 1. The number of carbonyl (C=O) groups excluding carboxylic acids is 1. The van der Waals surface area contributed by atoms with Crippen molar-refractivity contribution in [3.63, 3.8) is 0 Å². The minimum absolute atomic E-state index is 0.00488. The Morgan fingerprint density at radius 2 is 1.86 bits per heavy atom. The molecule has 3 rings (SSSR count). The SMILES string of the molecule is N#C/C(=C\c1ccc(Cc2cccc(F)c2)c(Br)c1)C(=O)Nc1ccccc1F. The Morgan fingerprint density at radius 3 is 2.55 bits per heavy atom. The van der Waals surface area contributed by atoms with Gasteiger partial charge in [-0.15, -0.1) is 0 Å². The van der Waals surface area contributed by atoms with Gasteiger partial charge in [0.05, 0.1) is 5.69 Å². The molecule has 1 amide bonds. The van der Waals surface area contributed by atoms with E-state index in [1.165, 1.54) is 36.4 Å². The molecule has 29 heavy (non-hydrogen) atoms. The fraction of sp³-hybridized carbons (Fsp3) is 0.0435. The zero-order valence-corrected chi connectivity index (χ0v) is 16.7. The molecule has 0 aliphatic heterocycles. The van der Waals surface area contributed by atoms with Crippen molar-refractivity contribution in [3.05, 3.63) is 105 Å². The lowest BCUT2D eigenvalue weighted by Crippen LogP contribution is -2.14. The molecule has 3 nitrogen and oxygen atoms in total. The average Bonchev–Trinajstić information content (AvgIpc) is 2.70. The van der Waals surface area contributed by atoms with Gasteiger partial charge < -0.3 is 5.32 Å². The molecule has 0 bridgehead atoms. The molecule has 0 saturated carbocycles. The van der Waals surface area contributed by atoms with Gasteiger partial charge in [-0.05, 0) is 59.5 Å². The second kappa shape index (κ2) is 9.26. The molecular weight excluding hydrogens is 438 g/mol. The van der Waals surface area contributed by atoms with Crippen molar-refractivity contribution in [3.8, 4) is 6.07 Å². The molecule has 0 unspecified atom stereocenters. The van der Waals surface area contributed by atoms with E-state index in [4.69, 9.17) is 0 Å². The van der Waals surface area contributed by atoms with Crippen molar-refractivity contribution >= 4 is 33.6 Å². The molecule has 3 aromatic carbocycles. The first-order chi connectivity index (χ1) is 14.0. The number of halogens is 3. The van der Waals surface area contributed by atoms with Crippen molar-refractivity contribution in [1.29, 1.82) is 5.26 Å². The summed E-state index contributed by atoms with van der Waals surface area (Å²) in [5.41, 5.74) is 2.24. The number of amides is 1. The third-order valence-corrected chi connectivity index (χ3v) is 4.90. The molecule has 0 atom stereocenters. The predicted octanol–water partition coefficient (Wildman–Crippen LogP) is 5.86. The summed E-state index contributed by atoms with van der Waals surface area (Å²) in [6.07, 6.45) is 1.95. The van der Waals surface area contributed by atoms with Crippen molar-refractivity contribution in [1.82, 2.24) is 0 Å². The Hall–Kier alpha value is -3.30. The molecule has 144 valence electrons. The topological polar surface area (TPSA) is 52.9 Å². The van der Waals surface area contributed by atoms with E-state index in [1.54, 1.807) is 24.3 Å². The Kier molecular flexibility index (Phi) is 6.53. The first-order valence-corrected chi connectivity index (χ1v) is 9.46. The predicted molar refractivity (Wildman–Crippen MR) is 112 cm³/mol. The first kappa shape index (κ1) is 20.4. The minimum Gasteiger partial charge on any atom is -0.319 e. The molecular formula is C23H15BrF2N2O. The number of benzene rings is 3. The number of hydrogen-bond acceptors (Lipinski definition) is 2. The number of hydrogen-bond donors (Lipinski definition) is 1. The number of carbonyl (C=O) groups is 1. The van der Waals surface area contributed by atoms with Crippen LogP contribution in [0.4, 0.5) is 14.5 Å². The van der Waals surface area contributed by atoms with E-state index in [1.807, 2.05) is 18.2 Å². The lowest BCUT2D eigenvalue weighted by atomic mass is 10.0. The normalized spacial score (nSPS) is 11.0. The summed E-state index contributed by atoms with van der Waals surface area (Å²) in [5.74, 6) is -1.57. The highest BCUT2D eigenvalue weighted by molar-refractivity contribution is 9.10. The maximum absolute atomic E-state index is 13.7. The zero-order chi connectivity index (χ0) is 20.8. The molecule has 6 heteroatoms. The van der Waals surface area contributed by atoms with Gasteiger partial charge >= 0.3 is 0 Å². The fourth-order valence-electron chi connectivity index (χ4n) is 2.73. The smallest absolute Gasteiger partial charge is 0.266 e. The Bertz CT molecular complexity index is 1140. The summed E-state index contributed by atoms with van der Waals surface area (Å²) in [5, 5.41) is 11.7. The fourth-order valence-corrected chi connectivity index (χ4v) is 3.27. The van der Waals surface area contributed by atoms with E-state index in [2.05, 4.69) is 21.2 Å². The van der Waals surface area contributed by atoms with E-state index in [9.17, 15) is 18.8 Å². The number of nitrogens with zero attached hydrogens (tertiary/aromatic N) is 1. The van der Waals surface area contributed by atoms with Crippen LogP contribution in [0, 0.1) is 23.0 Å². The second-order valence-electron chi connectivity index (χ2n) is 6.26. The Labute approximate surface area is 175 Å². The van der Waals surface area contributed by atoms with Gasteiger partial charge in [-0.25, -0.2) is 8.78 Å². The van der Waals surface area contributed by atoms with Crippen LogP contribution in [0.2, 0.25) is 0 Å². The van der Waals surface area contributed by atoms with Gasteiger partial charge in [0.25, 0.3) is 5.91 Å². The maximum atomic E-state index is 13.7. The van der Waals surface area contributed by atoms with E-state index in [-0.39, 0.29) is 17.1 Å². The van der Waals surface area contributed by atoms with Gasteiger partial charge in [0, 0.05) is 4.47 Å². The summed E-state index contributed by atoms with van der Waals surface area (Å²) in [6.45, 7) is 0. The highest BCUT2D eigenvalue weighted by Gasteiger charge is 2.12. The number of rotatable bonds is 5. The van der Waals surface area contributed by atoms with Crippen LogP contribution in [-0.4, -0.2) is 5.91 Å². The summed E-state index contributed by atoms with van der Waals surface area (Å²) in [4.78, 5) is 12.3. The molecule has 0 spiro atoms. The van der Waals surface area contributed by atoms with Crippen LogP contribution in [0.1, 0.15) is 16.7 Å². The van der Waals surface area contributed by atoms with Gasteiger partial charge in [0.15, 0.2) is 0 Å². The molecule has 0 saturated heterocycles. The van der Waals surface area contributed by atoms with Crippen LogP contribution in [-0.2, 0) is 11.2 Å². The highest BCUT2D eigenvalue weighted by Crippen LogP contribution is 2.23.